The Balaban J connectivity index is 1.84. The molecule has 4 heteroatoms. The van der Waals surface area contributed by atoms with Crippen molar-refractivity contribution in [3.8, 4) is 0 Å². The zero-order valence-corrected chi connectivity index (χ0v) is 14.0. The van der Waals surface area contributed by atoms with Crippen LogP contribution >= 0.6 is 0 Å². The van der Waals surface area contributed by atoms with E-state index in [2.05, 4.69) is 20.8 Å². The first-order valence-corrected chi connectivity index (χ1v) is 9.34. The normalized spacial score (nSPS) is 32.2. The summed E-state index contributed by atoms with van der Waals surface area (Å²) in [5, 5.41) is 0. The van der Waals surface area contributed by atoms with E-state index in [1.807, 2.05) is 30.3 Å². The summed E-state index contributed by atoms with van der Waals surface area (Å²) >= 11 is 0. The van der Waals surface area contributed by atoms with Gasteiger partial charge in [-0.3, -0.25) is 0 Å². The molecule has 0 radical (unpaired) electrons. The van der Waals surface area contributed by atoms with E-state index in [9.17, 15) is 8.42 Å². The summed E-state index contributed by atoms with van der Waals surface area (Å²) in [5.41, 5.74) is 1.27. The van der Waals surface area contributed by atoms with Crippen LogP contribution in [0.1, 0.15) is 45.6 Å². The summed E-state index contributed by atoms with van der Waals surface area (Å²) in [6.07, 6.45) is 3.12. The van der Waals surface area contributed by atoms with Gasteiger partial charge in [0.15, 0.2) is 0 Å². The first-order chi connectivity index (χ1) is 9.69. The lowest BCUT2D eigenvalue weighted by Crippen LogP contribution is -2.38. The van der Waals surface area contributed by atoms with Gasteiger partial charge in [0.1, 0.15) is 0 Å². The SMILES string of the molecule is CC1(C)CC2CC(C)(CN2S(=O)(=O)Cc2ccccc2)C1. The molecule has 2 unspecified atom stereocenters. The molecule has 0 spiro atoms. The topological polar surface area (TPSA) is 37.4 Å². The maximum atomic E-state index is 12.8. The fourth-order valence-corrected chi connectivity index (χ4v) is 6.49. The highest BCUT2D eigenvalue weighted by molar-refractivity contribution is 7.88. The highest BCUT2D eigenvalue weighted by Gasteiger charge is 2.52. The van der Waals surface area contributed by atoms with E-state index < -0.39 is 10.0 Å². The van der Waals surface area contributed by atoms with Crippen LogP contribution in [0.5, 0.6) is 0 Å². The van der Waals surface area contributed by atoms with Gasteiger partial charge in [0.05, 0.1) is 5.75 Å². The van der Waals surface area contributed by atoms with Gasteiger partial charge in [-0.2, -0.15) is 4.31 Å². The molecule has 0 N–H and O–H groups in total. The van der Waals surface area contributed by atoms with Crippen molar-refractivity contribution in [1.82, 2.24) is 4.31 Å². The van der Waals surface area contributed by atoms with Gasteiger partial charge >= 0.3 is 0 Å². The Bertz CT molecular complexity index is 623. The molecule has 21 heavy (non-hydrogen) atoms. The molecule has 2 fully saturated rings. The average Bonchev–Trinajstić information content (AvgIpc) is 2.60. The smallest absolute Gasteiger partial charge is 0.212 e. The van der Waals surface area contributed by atoms with Crippen LogP contribution in [-0.2, 0) is 15.8 Å². The molecule has 1 aromatic rings. The van der Waals surface area contributed by atoms with E-state index in [-0.39, 0.29) is 22.6 Å². The molecule has 2 atom stereocenters. The van der Waals surface area contributed by atoms with Crippen LogP contribution < -0.4 is 0 Å². The molecule has 1 aliphatic heterocycles. The first-order valence-electron chi connectivity index (χ1n) is 7.73. The van der Waals surface area contributed by atoms with Gasteiger partial charge < -0.3 is 0 Å². The van der Waals surface area contributed by atoms with Gasteiger partial charge in [-0.25, -0.2) is 8.42 Å². The van der Waals surface area contributed by atoms with Crippen LogP contribution in [0.3, 0.4) is 0 Å². The molecule has 3 rings (SSSR count). The quantitative estimate of drug-likeness (QED) is 0.858. The van der Waals surface area contributed by atoms with E-state index in [1.54, 1.807) is 4.31 Å². The van der Waals surface area contributed by atoms with Gasteiger partial charge in [0, 0.05) is 12.6 Å². The third-order valence-electron chi connectivity index (χ3n) is 4.92. The second-order valence-corrected chi connectivity index (χ2v) is 9.92. The second kappa shape index (κ2) is 4.82. The van der Waals surface area contributed by atoms with Crippen molar-refractivity contribution in [1.29, 1.82) is 0 Å². The summed E-state index contributed by atoms with van der Waals surface area (Å²) in [5.74, 6) is 0.126. The minimum atomic E-state index is -3.22. The summed E-state index contributed by atoms with van der Waals surface area (Å²) in [6, 6.07) is 9.70. The van der Waals surface area contributed by atoms with Gasteiger partial charge in [0.25, 0.3) is 0 Å². The minimum absolute atomic E-state index is 0.126. The fraction of sp³-hybridized carbons (Fsp3) is 0.647. The van der Waals surface area contributed by atoms with E-state index in [0.717, 1.165) is 24.8 Å². The molecule has 3 nitrogen and oxygen atoms in total. The summed E-state index contributed by atoms with van der Waals surface area (Å²) in [6.45, 7) is 7.48. The molecule has 1 aliphatic carbocycles. The predicted octanol–water partition coefficient (Wildman–Crippen LogP) is 3.42. The largest absolute Gasteiger partial charge is 0.218 e. The second-order valence-electron chi connectivity index (χ2n) is 8.00. The van der Waals surface area contributed by atoms with E-state index in [1.165, 1.54) is 0 Å². The number of rotatable bonds is 3. The third-order valence-corrected chi connectivity index (χ3v) is 6.76. The molecule has 2 bridgehead atoms. The molecule has 1 heterocycles. The summed E-state index contributed by atoms with van der Waals surface area (Å²) in [4.78, 5) is 0. The monoisotopic (exact) mass is 307 g/mol. The molecule has 2 aliphatic rings. The number of fused-ring (bicyclic) bond motifs is 2. The van der Waals surface area contributed by atoms with E-state index >= 15 is 0 Å². The van der Waals surface area contributed by atoms with Crippen molar-refractivity contribution in [3.05, 3.63) is 35.9 Å². The Hall–Kier alpha value is -0.870. The molecule has 116 valence electrons. The van der Waals surface area contributed by atoms with Crippen molar-refractivity contribution < 1.29 is 8.42 Å². The standard InChI is InChI=1S/C17H25NO2S/c1-16(2)9-15-10-17(3,12-16)13-18(15)21(19,20)11-14-7-5-4-6-8-14/h4-8,15H,9-13H2,1-3H3. The van der Waals surface area contributed by atoms with Crippen molar-refractivity contribution in [3.63, 3.8) is 0 Å². The van der Waals surface area contributed by atoms with Crippen molar-refractivity contribution in [2.75, 3.05) is 6.54 Å². The lowest BCUT2D eigenvalue weighted by molar-refractivity contribution is 0.133. The number of benzene rings is 1. The zero-order chi connectivity index (χ0) is 15.3. The molecular formula is C17H25NO2S. The average molecular weight is 307 g/mol. The Labute approximate surface area is 128 Å². The maximum Gasteiger partial charge on any atom is 0.218 e. The lowest BCUT2D eigenvalue weighted by Gasteiger charge is -2.39. The molecule has 0 aromatic heterocycles. The van der Waals surface area contributed by atoms with Crippen LogP contribution in [0.15, 0.2) is 30.3 Å². The van der Waals surface area contributed by atoms with Crippen molar-refractivity contribution in [2.45, 2.75) is 51.8 Å². The molecule has 1 aromatic carbocycles. The first kappa shape index (κ1) is 15.0. The van der Waals surface area contributed by atoms with Crippen LogP contribution in [0, 0.1) is 10.8 Å². The Morgan fingerprint density at radius 2 is 1.81 bits per heavy atom. The third kappa shape index (κ3) is 3.02. The van der Waals surface area contributed by atoms with Gasteiger partial charge in [-0.15, -0.1) is 0 Å². The molecule has 1 saturated carbocycles. The Morgan fingerprint density at radius 1 is 1.14 bits per heavy atom. The van der Waals surface area contributed by atoms with Gasteiger partial charge in [-0.1, -0.05) is 51.1 Å². The highest BCUT2D eigenvalue weighted by atomic mass is 32.2. The van der Waals surface area contributed by atoms with Gasteiger partial charge in [0.2, 0.25) is 10.0 Å². The highest BCUT2D eigenvalue weighted by Crippen LogP contribution is 2.53. The number of hydrogen-bond donors (Lipinski definition) is 0. The number of hydrogen-bond acceptors (Lipinski definition) is 2. The van der Waals surface area contributed by atoms with Crippen LogP contribution in [-0.4, -0.2) is 25.3 Å². The van der Waals surface area contributed by atoms with Crippen LogP contribution in [0.25, 0.3) is 0 Å². The number of nitrogens with zero attached hydrogens (tertiary/aromatic N) is 1. The molecular weight excluding hydrogens is 282 g/mol. The molecule has 0 amide bonds. The maximum absolute atomic E-state index is 12.8. The summed E-state index contributed by atoms with van der Waals surface area (Å²) < 4.78 is 27.4. The minimum Gasteiger partial charge on any atom is -0.212 e. The number of sulfonamides is 1. The fourth-order valence-electron chi connectivity index (χ4n) is 4.60. The van der Waals surface area contributed by atoms with Crippen molar-refractivity contribution >= 4 is 10.0 Å². The predicted molar refractivity (Wildman–Crippen MR) is 85.3 cm³/mol. The Morgan fingerprint density at radius 3 is 2.48 bits per heavy atom. The van der Waals surface area contributed by atoms with Crippen LogP contribution in [0.2, 0.25) is 0 Å². The summed E-state index contributed by atoms with van der Waals surface area (Å²) in [7, 11) is -3.22. The zero-order valence-electron chi connectivity index (χ0n) is 13.2. The van der Waals surface area contributed by atoms with Crippen molar-refractivity contribution in [2.24, 2.45) is 10.8 Å². The lowest BCUT2D eigenvalue weighted by atomic mass is 9.65. The molecule has 1 saturated heterocycles. The van der Waals surface area contributed by atoms with Gasteiger partial charge in [-0.05, 0) is 35.7 Å². The van der Waals surface area contributed by atoms with E-state index in [0.29, 0.717) is 6.54 Å². The Kier molecular flexibility index (Phi) is 3.45. The van der Waals surface area contributed by atoms with E-state index in [4.69, 9.17) is 0 Å². The van der Waals surface area contributed by atoms with Crippen LogP contribution in [0.4, 0.5) is 0 Å².